The van der Waals surface area contributed by atoms with E-state index in [0.29, 0.717) is 11.5 Å². The molecule has 0 atom stereocenters. The highest BCUT2D eigenvalue weighted by Gasteiger charge is 2.20. The van der Waals surface area contributed by atoms with Gasteiger partial charge in [0.2, 0.25) is 10.0 Å². The topological polar surface area (TPSA) is 64.6 Å². The molecule has 0 heterocycles. The number of methoxy groups -OCH3 is 1. The van der Waals surface area contributed by atoms with Crippen LogP contribution in [0.3, 0.4) is 0 Å². The smallest absolute Gasteiger partial charge is 0.243 e. The van der Waals surface area contributed by atoms with Crippen molar-refractivity contribution in [3.8, 4) is 11.5 Å². The molecule has 0 fully saturated rings. The van der Waals surface area contributed by atoms with Crippen molar-refractivity contribution >= 4 is 21.6 Å². The largest absolute Gasteiger partial charge is 0.493 e. The van der Waals surface area contributed by atoms with Crippen LogP contribution in [-0.4, -0.2) is 28.7 Å². The summed E-state index contributed by atoms with van der Waals surface area (Å²) < 4.78 is 50.7. The lowest BCUT2D eigenvalue weighted by molar-refractivity contribution is 0.298. The molecule has 0 saturated heterocycles. The van der Waals surface area contributed by atoms with Gasteiger partial charge in [0, 0.05) is 6.54 Å². The number of hydrogen-bond donors (Lipinski definition) is 1. The number of halogens is 2. The highest BCUT2D eigenvalue weighted by Crippen LogP contribution is 2.25. The van der Waals surface area contributed by atoms with Gasteiger partial charge < -0.3 is 9.47 Å². The molecule has 2 aromatic rings. The third-order valence-electron chi connectivity index (χ3n) is 2.93. The van der Waals surface area contributed by atoms with Crippen LogP contribution in [0.25, 0.3) is 0 Å². The summed E-state index contributed by atoms with van der Waals surface area (Å²) in [6.45, 7) is 0.0219. The molecule has 0 amide bonds. The van der Waals surface area contributed by atoms with Gasteiger partial charge in [0.05, 0.1) is 12.1 Å². The van der Waals surface area contributed by atoms with Crippen LogP contribution in [0.4, 0.5) is 4.39 Å². The molecule has 0 saturated carbocycles. The molecule has 5 nitrogen and oxygen atoms in total. The molecule has 2 aromatic carbocycles. The summed E-state index contributed by atoms with van der Waals surface area (Å²) in [5.41, 5.74) is 0. The van der Waals surface area contributed by atoms with Gasteiger partial charge >= 0.3 is 0 Å². The standard InChI is InChI=1S/C15H15ClFNO4S/c1-21-12-6-2-3-7-13(12)22-10-9-18-23(19,20)14-8-4-5-11(16)15(14)17/h2-8,18H,9-10H2,1H3. The zero-order valence-electron chi connectivity index (χ0n) is 12.3. The molecule has 0 aliphatic rings. The van der Waals surface area contributed by atoms with Gasteiger partial charge in [-0.1, -0.05) is 29.8 Å². The van der Waals surface area contributed by atoms with Crippen molar-refractivity contribution in [1.82, 2.24) is 4.72 Å². The van der Waals surface area contributed by atoms with E-state index in [0.717, 1.165) is 6.07 Å². The van der Waals surface area contributed by atoms with Crippen LogP contribution in [0.2, 0.25) is 5.02 Å². The zero-order valence-corrected chi connectivity index (χ0v) is 13.8. The number of ether oxygens (including phenoxy) is 2. The van der Waals surface area contributed by atoms with Crippen LogP contribution in [-0.2, 0) is 10.0 Å². The van der Waals surface area contributed by atoms with Gasteiger partial charge in [-0.05, 0) is 24.3 Å². The van der Waals surface area contributed by atoms with E-state index >= 15 is 0 Å². The Morgan fingerprint density at radius 1 is 1.13 bits per heavy atom. The van der Waals surface area contributed by atoms with E-state index in [2.05, 4.69) is 4.72 Å². The first kappa shape index (κ1) is 17.5. The third kappa shape index (κ3) is 4.34. The van der Waals surface area contributed by atoms with Crippen molar-refractivity contribution in [1.29, 1.82) is 0 Å². The predicted octanol–water partition coefficient (Wildman–Crippen LogP) is 2.85. The summed E-state index contributed by atoms with van der Waals surface area (Å²) >= 11 is 5.59. The van der Waals surface area contributed by atoms with Crippen LogP contribution in [0, 0.1) is 5.82 Å². The molecule has 2 rings (SSSR count). The van der Waals surface area contributed by atoms with Crippen LogP contribution in [0.1, 0.15) is 0 Å². The minimum absolute atomic E-state index is 0.0354. The second-order valence-electron chi connectivity index (χ2n) is 4.45. The fourth-order valence-corrected chi connectivity index (χ4v) is 3.19. The first-order valence-electron chi connectivity index (χ1n) is 6.65. The second-order valence-corrected chi connectivity index (χ2v) is 6.59. The quantitative estimate of drug-likeness (QED) is 0.772. The van der Waals surface area contributed by atoms with Crippen LogP contribution < -0.4 is 14.2 Å². The SMILES string of the molecule is COc1ccccc1OCCNS(=O)(=O)c1cccc(Cl)c1F. The van der Waals surface area contributed by atoms with E-state index in [1.54, 1.807) is 24.3 Å². The highest BCUT2D eigenvalue weighted by atomic mass is 35.5. The molecular formula is C15H15ClFNO4S. The number of nitrogens with one attached hydrogen (secondary N) is 1. The Labute approximate surface area is 139 Å². The number of sulfonamides is 1. The Kier molecular flexibility index (Phi) is 5.81. The molecule has 0 radical (unpaired) electrons. The Balaban J connectivity index is 1.97. The van der Waals surface area contributed by atoms with Crippen molar-refractivity contribution in [2.75, 3.05) is 20.3 Å². The monoisotopic (exact) mass is 359 g/mol. The Morgan fingerprint density at radius 3 is 2.52 bits per heavy atom. The van der Waals surface area contributed by atoms with E-state index in [1.165, 1.54) is 19.2 Å². The number of rotatable bonds is 7. The molecule has 1 N–H and O–H groups in total. The van der Waals surface area contributed by atoms with Crippen molar-refractivity contribution in [2.24, 2.45) is 0 Å². The minimum Gasteiger partial charge on any atom is -0.493 e. The van der Waals surface area contributed by atoms with Gasteiger partial charge in [0.15, 0.2) is 17.3 Å². The maximum atomic E-state index is 13.8. The summed E-state index contributed by atoms with van der Waals surface area (Å²) in [6.07, 6.45) is 0. The zero-order chi connectivity index (χ0) is 16.9. The average Bonchev–Trinajstić information content (AvgIpc) is 2.54. The molecule has 0 unspecified atom stereocenters. The van der Waals surface area contributed by atoms with E-state index in [-0.39, 0.29) is 18.2 Å². The first-order valence-corrected chi connectivity index (χ1v) is 8.51. The van der Waals surface area contributed by atoms with Gasteiger partial charge in [0.25, 0.3) is 0 Å². The summed E-state index contributed by atoms with van der Waals surface area (Å²) in [6, 6.07) is 10.8. The lowest BCUT2D eigenvalue weighted by Gasteiger charge is -2.11. The van der Waals surface area contributed by atoms with Crippen molar-refractivity contribution in [3.05, 3.63) is 53.3 Å². The summed E-state index contributed by atoms with van der Waals surface area (Å²) in [5, 5.41) is -0.252. The van der Waals surface area contributed by atoms with E-state index in [4.69, 9.17) is 21.1 Å². The molecule has 0 aliphatic carbocycles. The Hall–Kier alpha value is -1.83. The number of benzene rings is 2. The second kappa shape index (κ2) is 7.63. The molecular weight excluding hydrogens is 345 g/mol. The van der Waals surface area contributed by atoms with E-state index in [1.807, 2.05) is 0 Å². The predicted molar refractivity (Wildman–Crippen MR) is 85.1 cm³/mol. The maximum Gasteiger partial charge on any atom is 0.243 e. The highest BCUT2D eigenvalue weighted by molar-refractivity contribution is 7.89. The number of para-hydroxylation sites is 2. The van der Waals surface area contributed by atoms with Gasteiger partial charge in [-0.2, -0.15) is 0 Å². The van der Waals surface area contributed by atoms with Gasteiger partial charge in [-0.3, -0.25) is 0 Å². The summed E-state index contributed by atoms with van der Waals surface area (Å²) in [5.74, 6) is 0.0479. The van der Waals surface area contributed by atoms with Gasteiger partial charge in [-0.15, -0.1) is 0 Å². The molecule has 23 heavy (non-hydrogen) atoms. The van der Waals surface area contributed by atoms with Gasteiger partial charge in [-0.25, -0.2) is 17.5 Å². The maximum absolute atomic E-state index is 13.8. The lowest BCUT2D eigenvalue weighted by atomic mass is 10.3. The average molecular weight is 360 g/mol. The number of hydrogen-bond acceptors (Lipinski definition) is 4. The summed E-state index contributed by atoms with van der Waals surface area (Å²) in [7, 11) is -2.50. The van der Waals surface area contributed by atoms with Crippen LogP contribution >= 0.6 is 11.6 Å². The fourth-order valence-electron chi connectivity index (χ4n) is 1.84. The van der Waals surface area contributed by atoms with Gasteiger partial charge in [0.1, 0.15) is 11.5 Å². The normalized spacial score (nSPS) is 11.3. The van der Waals surface area contributed by atoms with Crippen molar-refractivity contribution in [2.45, 2.75) is 4.90 Å². The Morgan fingerprint density at radius 2 is 1.83 bits per heavy atom. The van der Waals surface area contributed by atoms with Crippen molar-refractivity contribution in [3.63, 3.8) is 0 Å². The first-order chi connectivity index (χ1) is 11.0. The lowest BCUT2D eigenvalue weighted by Crippen LogP contribution is -2.29. The molecule has 0 aliphatic heterocycles. The molecule has 0 bridgehead atoms. The fraction of sp³-hybridized carbons (Fsp3) is 0.200. The third-order valence-corrected chi connectivity index (χ3v) is 4.70. The minimum atomic E-state index is -4.00. The molecule has 8 heteroatoms. The van der Waals surface area contributed by atoms with Crippen LogP contribution in [0.5, 0.6) is 11.5 Å². The Bertz CT molecular complexity index is 783. The summed E-state index contributed by atoms with van der Waals surface area (Å²) in [4.78, 5) is -0.498. The van der Waals surface area contributed by atoms with Crippen molar-refractivity contribution < 1.29 is 22.3 Å². The van der Waals surface area contributed by atoms with E-state index in [9.17, 15) is 12.8 Å². The molecule has 124 valence electrons. The molecule has 0 aromatic heterocycles. The van der Waals surface area contributed by atoms with Crippen LogP contribution in [0.15, 0.2) is 47.4 Å². The van der Waals surface area contributed by atoms with E-state index < -0.39 is 20.7 Å². The molecule has 0 spiro atoms.